The van der Waals surface area contributed by atoms with Crippen molar-refractivity contribution < 1.29 is 0 Å². The summed E-state index contributed by atoms with van der Waals surface area (Å²) >= 11 is 0. The molecule has 0 atom stereocenters. The summed E-state index contributed by atoms with van der Waals surface area (Å²) in [5.74, 6) is 0. The summed E-state index contributed by atoms with van der Waals surface area (Å²) in [6.07, 6.45) is 0. The SMILES string of the molecule is CC1(C)c2cc(-c3ccc(N(c4ccc(-c5ccccc5)cc4)c4ccc(-c5ccccc5)cc4)cc3)ccc2N(c2ccc(-c3ccccc3)cc2)c2ccc(-c3ccc4ccccc4c3)cc21. The first-order valence-electron chi connectivity index (χ1n) is 23.9. The molecule has 1 heterocycles. The monoisotopic (exact) mass is 882 g/mol. The topological polar surface area (TPSA) is 6.48 Å². The Morgan fingerprint density at radius 2 is 0.594 bits per heavy atom. The maximum atomic E-state index is 2.46. The van der Waals surface area contributed by atoms with Crippen molar-refractivity contribution in [2.24, 2.45) is 0 Å². The normalized spacial score (nSPS) is 12.6. The Labute approximate surface area is 405 Å². The third-order valence-corrected chi connectivity index (χ3v) is 14.1. The molecular weight excluding hydrogens is 833 g/mol. The van der Waals surface area contributed by atoms with Crippen LogP contribution in [0.2, 0.25) is 0 Å². The Bertz CT molecular complexity index is 3500. The van der Waals surface area contributed by atoms with Crippen molar-refractivity contribution in [3.8, 4) is 55.6 Å². The molecule has 0 aliphatic carbocycles. The molecule has 0 spiro atoms. The largest absolute Gasteiger partial charge is 0.311 e. The molecule has 11 aromatic carbocycles. The Morgan fingerprint density at radius 1 is 0.275 bits per heavy atom. The summed E-state index contributed by atoms with van der Waals surface area (Å²) in [7, 11) is 0. The van der Waals surface area contributed by atoms with Gasteiger partial charge in [0.2, 0.25) is 0 Å². The van der Waals surface area contributed by atoms with E-state index in [0.717, 1.165) is 22.7 Å². The number of hydrogen-bond acceptors (Lipinski definition) is 2. The lowest BCUT2D eigenvalue weighted by molar-refractivity contribution is 0.632. The lowest BCUT2D eigenvalue weighted by Crippen LogP contribution is -2.30. The molecule has 69 heavy (non-hydrogen) atoms. The van der Waals surface area contributed by atoms with E-state index in [1.165, 1.54) is 88.9 Å². The number of nitrogens with zero attached hydrogens (tertiary/aromatic N) is 2. The summed E-state index contributed by atoms with van der Waals surface area (Å²) in [6.45, 7) is 4.78. The van der Waals surface area contributed by atoms with Crippen LogP contribution in [0.3, 0.4) is 0 Å². The van der Waals surface area contributed by atoms with Gasteiger partial charge in [0.05, 0.1) is 11.4 Å². The molecule has 2 nitrogen and oxygen atoms in total. The minimum absolute atomic E-state index is 0.303. The maximum Gasteiger partial charge on any atom is 0.0503 e. The second-order valence-electron chi connectivity index (χ2n) is 18.6. The summed E-state index contributed by atoms with van der Waals surface area (Å²) in [6, 6.07) is 97.3. The van der Waals surface area contributed by atoms with Crippen LogP contribution in [0, 0.1) is 0 Å². The molecule has 0 fully saturated rings. The van der Waals surface area contributed by atoms with Crippen LogP contribution in [0.25, 0.3) is 66.4 Å². The summed E-state index contributed by atoms with van der Waals surface area (Å²) in [4.78, 5) is 4.82. The van der Waals surface area contributed by atoms with Crippen LogP contribution in [-0.2, 0) is 5.41 Å². The molecular formula is C67H50N2. The first-order chi connectivity index (χ1) is 33.9. The lowest BCUT2D eigenvalue weighted by Gasteiger charge is -2.42. The average Bonchev–Trinajstić information content (AvgIpc) is 3.42. The fourth-order valence-electron chi connectivity index (χ4n) is 10.3. The zero-order valence-corrected chi connectivity index (χ0v) is 38.8. The molecule has 1 aliphatic heterocycles. The fraction of sp³-hybridized carbons (Fsp3) is 0.0448. The van der Waals surface area contributed by atoms with E-state index in [4.69, 9.17) is 0 Å². The lowest BCUT2D eigenvalue weighted by atomic mass is 9.72. The molecule has 0 radical (unpaired) electrons. The molecule has 1 aliphatic rings. The molecule has 2 heteroatoms. The van der Waals surface area contributed by atoms with Gasteiger partial charge in [0.1, 0.15) is 0 Å². The van der Waals surface area contributed by atoms with E-state index in [0.29, 0.717) is 0 Å². The number of fused-ring (bicyclic) bond motifs is 3. The van der Waals surface area contributed by atoms with Crippen molar-refractivity contribution in [3.05, 3.63) is 278 Å². The van der Waals surface area contributed by atoms with Crippen LogP contribution in [-0.4, -0.2) is 0 Å². The van der Waals surface area contributed by atoms with Gasteiger partial charge in [-0.25, -0.2) is 0 Å². The standard InChI is InChI=1S/C67H50N2/c1-67(2)63-45-57(54-30-38-61(39-31-54)68(59-34-24-51(25-35-59)47-14-6-3-7-15-47)60-36-26-52(27-37-60)48-16-8-4-9-17-48)32-42-65(63)69(62-40-28-53(29-41-62)49-18-10-5-11-19-49)66-43-33-58(46-64(66)67)56-23-22-50-20-12-13-21-55(50)44-56/h3-46H,1-2H3. The first-order valence-corrected chi connectivity index (χ1v) is 23.9. The first kappa shape index (κ1) is 41.7. The van der Waals surface area contributed by atoms with E-state index in [-0.39, 0.29) is 5.41 Å². The second-order valence-corrected chi connectivity index (χ2v) is 18.6. The quantitative estimate of drug-likeness (QED) is 0.143. The third kappa shape index (κ3) is 7.86. The Kier molecular flexibility index (Phi) is 10.6. The van der Waals surface area contributed by atoms with Gasteiger partial charge in [-0.15, -0.1) is 0 Å². The highest BCUT2D eigenvalue weighted by molar-refractivity contribution is 5.92. The van der Waals surface area contributed by atoms with Crippen LogP contribution in [0.1, 0.15) is 25.0 Å². The number of benzene rings is 11. The third-order valence-electron chi connectivity index (χ3n) is 14.1. The fourth-order valence-corrected chi connectivity index (χ4v) is 10.3. The molecule has 328 valence electrons. The van der Waals surface area contributed by atoms with E-state index in [2.05, 4.69) is 291 Å². The zero-order valence-electron chi connectivity index (χ0n) is 38.8. The van der Waals surface area contributed by atoms with Crippen molar-refractivity contribution in [2.75, 3.05) is 9.80 Å². The van der Waals surface area contributed by atoms with Crippen LogP contribution >= 0.6 is 0 Å². The summed E-state index contributed by atoms with van der Waals surface area (Å²) in [5.41, 5.74) is 21.1. The van der Waals surface area contributed by atoms with Gasteiger partial charge in [0.15, 0.2) is 0 Å². The minimum Gasteiger partial charge on any atom is -0.311 e. The van der Waals surface area contributed by atoms with E-state index in [1.807, 2.05) is 0 Å². The van der Waals surface area contributed by atoms with E-state index in [9.17, 15) is 0 Å². The second kappa shape index (κ2) is 17.5. The minimum atomic E-state index is -0.303. The molecule has 0 aromatic heterocycles. The summed E-state index contributed by atoms with van der Waals surface area (Å²) in [5, 5.41) is 2.50. The van der Waals surface area contributed by atoms with Gasteiger partial charge in [0.25, 0.3) is 0 Å². The van der Waals surface area contributed by atoms with Gasteiger partial charge < -0.3 is 9.80 Å². The van der Waals surface area contributed by atoms with Gasteiger partial charge in [-0.2, -0.15) is 0 Å². The molecule has 0 amide bonds. The highest BCUT2D eigenvalue weighted by atomic mass is 15.2. The van der Waals surface area contributed by atoms with Gasteiger partial charge >= 0.3 is 0 Å². The highest BCUT2D eigenvalue weighted by Crippen LogP contribution is 2.54. The van der Waals surface area contributed by atoms with Crippen molar-refractivity contribution in [3.63, 3.8) is 0 Å². The smallest absolute Gasteiger partial charge is 0.0503 e. The van der Waals surface area contributed by atoms with E-state index < -0.39 is 0 Å². The Balaban J connectivity index is 0.933. The average molecular weight is 883 g/mol. The van der Waals surface area contributed by atoms with Crippen LogP contribution in [0.4, 0.5) is 34.1 Å². The van der Waals surface area contributed by atoms with Crippen LogP contribution in [0.15, 0.2) is 267 Å². The molecule has 0 N–H and O–H groups in total. The predicted molar refractivity (Wildman–Crippen MR) is 293 cm³/mol. The van der Waals surface area contributed by atoms with Gasteiger partial charge in [-0.1, -0.05) is 202 Å². The maximum absolute atomic E-state index is 2.46. The van der Waals surface area contributed by atoms with Gasteiger partial charge in [-0.05, 0) is 156 Å². The number of anilines is 6. The molecule has 12 rings (SSSR count). The van der Waals surface area contributed by atoms with E-state index >= 15 is 0 Å². The van der Waals surface area contributed by atoms with Crippen molar-refractivity contribution >= 4 is 44.9 Å². The zero-order chi connectivity index (χ0) is 46.3. The van der Waals surface area contributed by atoms with Crippen molar-refractivity contribution in [1.29, 1.82) is 0 Å². The van der Waals surface area contributed by atoms with E-state index in [1.54, 1.807) is 0 Å². The molecule has 0 bridgehead atoms. The molecule has 11 aromatic rings. The molecule has 0 saturated carbocycles. The Morgan fingerprint density at radius 3 is 1.04 bits per heavy atom. The van der Waals surface area contributed by atoms with Gasteiger partial charge in [-0.3, -0.25) is 0 Å². The molecule has 0 unspecified atom stereocenters. The van der Waals surface area contributed by atoms with Crippen LogP contribution in [0.5, 0.6) is 0 Å². The summed E-state index contributed by atoms with van der Waals surface area (Å²) < 4.78 is 0. The van der Waals surface area contributed by atoms with Crippen LogP contribution < -0.4 is 9.80 Å². The molecule has 0 saturated heterocycles. The van der Waals surface area contributed by atoms with Gasteiger partial charge in [0, 0.05) is 28.2 Å². The van der Waals surface area contributed by atoms with Crippen molar-refractivity contribution in [1.82, 2.24) is 0 Å². The number of rotatable bonds is 9. The number of hydrogen-bond donors (Lipinski definition) is 0. The van der Waals surface area contributed by atoms with Crippen molar-refractivity contribution in [2.45, 2.75) is 19.3 Å². The Hall–Kier alpha value is -8.72. The predicted octanol–water partition coefficient (Wildman–Crippen LogP) is 18.8. The highest BCUT2D eigenvalue weighted by Gasteiger charge is 2.37.